The van der Waals surface area contributed by atoms with Gasteiger partial charge in [0, 0.05) is 40.0 Å². The first kappa shape index (κ1) is 17.2. The van der Waals surface area contributed by atoms with Crippen molar-refractivity contribution in [2.45, 2.75) is 19.4 Å². The molecule has 3 rings (SSSR count). The largest absolute Gasteiger partial charge is 0.396 e. The van der Waals surface area contributed by atoms with Crippen LogP contribution in [0, 0.1) is 5.92 Å². The van der Waals surface area contributed by atoms with Gasteiger partial charge in [0.15, 0.2) is 5.69 Å². The van der Waals surface area contributed by atoms with E-state index >= 15 is 0 Å². The van der Waals surface area contributed by atoms with Crippen LogP contribution < -0.4 is 0 Å². The van der Waals surface area contributed by atoms with Gasteiger partial charge < -0.3 is 14.4 Å². The maximum atomic E-state index is 12.5. The number of fused-ring (bicyclic) bond motifs is 1. The van der Waals surface area contributed by atoms with Gasteiger partial charge in [-0.05, 0) is 37.4 Å². The van der Waals surface area contributed by atoms with Gasteiger partial charge in [-0.2, -0.15) is 0 Å². The number of likely N-dealkylation sites (tertiary alicyclic amines) is 1. The Morgan fingerprint density at radius 1 is 1.46 bits per heavy atom. The molecule has 3 heterocycles. The van der Waals surface area contributed by atoms with E-state index in [0.29, 0.717) is 23.2 Å². The second-order valence-electron chi connectivity index (χ2n) is 6.61. The summed E-state index contributed by atoms with van der Waals surface area (Å²) in [5.74, 6) is 0.190. The van der Waals surface area contributed by atoms with Gasteiger partial charge in [0.25, 0.3) is 5.91 Å². The number of rotatable bonds is 4. The van der Waals surface area contributed by atoms with E-state index in [9.17, 15) is 9.90 Å². The van der Waals surface area contributed by atoms with Crippen LogP contribution in [0.15, 0.2) is 18.3 Å². The Hall–Kier alpha value is -1.63. The number of aliphatic hydroxyl groups excluding tert-OH is 1. The molecule has 0 aromatic carbocycles. The van der Waals surface area contributed by atoms with Crippen LogP contribution in [0.2, 0.25) is 5.02 Å². The lowest BCUT2D eigenvalue weighted by molar-refractivity contribution is 0.0816. The Morgan fingerprint density at radius 2 is 2.25 bits per heavy atom. The number of halogens is 1. The number of nitrogens with zero attached hydrogens (tertiary/aromatic N) is 4. The number of amides is 1. The molecule has 24 heavy (non-hydrogen) atoms. The highest BCUT2D eigenvalue weighted by molar-refractivity contribution is 6.30. The van der Waals surface area contributed by atoms with E-state index in [2.05, 4.69) is 9.88 Å². The van der Waals surface area contributed by atoms with Crippen molar-refractivity contribution >= 4 is 23.2 Å². The number of aliphatic hydroxyl groups is 1. The van der Waals surface area contributed by atoms with Crippen molar-refractivity contribution in [1.29, 1.82) is 0 Å². The van der Waals surface area contributed by atoms with Crippen molar-refractivity contribution in [2.24, 2.45) is 5.92 Å². The smallest absolute Gasteiger partial charge is 0.273 e. The highest BCUT2D eigenvalue weighted by atomic mass is 35.5. The van der Waals surface area contributed by atoms with Crippen molar-refractivity contribution < 1.29 is 9.90 Å². The molecule has 2 aromatic rings. The minimum Gasteiger partial charge on any atom is -0.396 e. The fourth-order valence-electron chi connectivity index (χ4n) is 3.26. The summed E-state index contributed by atoms with van der Waals surface area (Å²) in [6.07, 6.45) is 3.91. The third-order valence-corrected chi connectivity index (χ3v) is 4.75. The molecule has 1 N–H and O–H groups in total. The first-order chi connectivity index (χ1) is 11.5. The van der Waals surface area contributed by atoms with Gasteiger partial charge in [0.2, 0.25) is 0 Å². The molecule has 0 aliphatic carbocycles. The van der Waals surface area contributed by atoms with Gasteiger partial charge >= 0.3 is 0 Å². The summed E-state index contributed by atoms with van der Waals surface area (Å²) in [7, 11) is 3.46. The summed E-state index contributed by atoms with van der Waals surface area (Å²) in [6, 6.07) is 3.60. The van der Waals surface area contributed by atoms with Crippen LogP contribution >= 0.6 is 11.6 Å². The Morgan fingerprint density at radius 3 is 2.96 bits per heavy atom. The zero-order chi connectivity index (χ0) is 17.3. The number of imidazole rings is 1. The summed E-state index contributed by atoms with van der Waals surface area (Å²) in [5, 5.41) is 10.0. The zero-order valence-electron chi connectivity index (χ0n) is 14.1. The minimum atomic E-state index is -0.111. The van der Waals surface area contributed by atoms with E-state index in [1.54, 1.807) is 31.3 Å². The van der Waals surface area contributed by atoms with E-state index < -0.39 is 0 Å². The van der Waals surface area contributed by atoms with E-state index in [0.717, 1.165) is 37.3 Å². The minimum absolute atomic E-state index is 0.111. The van der Waals surface area contributed by atoms with Crippen LogP contribution in [0.3, 0.4) is 0 Å². The van der Waals surface area contributed by atoms with Crippen molar-refractivity contribution in [1.82, 2.24) is 19.2 Å². The molecule has 1 amide bonds. The molecule has 0 saturated carbocycles. The predicted molar refractivity (Wildman–Crippen MR) is 93.3 cm³/mol. The first-order valence-corrected chi connectivity index (χ1v) is 8.58. The molecule has 1 atom stereocenters. The van der Waals surface area contributed by atoms with Crippen molar-refractivity contribution in [3.63, 3.8) is 0 Å². The molecule has 0 spiro atoms. The lowest BCUT2D eigenvalue weighted by Gasteiger charge is -2.31. The third-order valence-electron chi connectivity index (χ3n) is 4.52. The highest BCUT2D eigenvalue weighted by Gasteiger charge is 2.25. The number of piperidine rings is 1. The van der Waals surface area contributed by atoms with E-state index in [-0.39, 0.29) is 12.5 Å². The van der Waals surface area contributed by atoms with Gasteiger partial charge in [-0.3, -0.25) is 9.69 Å². The van der Waals surface area contributed by atoms with Gasteiger partial charge in [0.1, 0.15) is 5.65 Å². The Labute approximate surface area is 146 Å². The van der Waals surface area contributed by atoms with Crippen molar-refractivity contribution in [2.75, 3.05) is 33.8 Å². The number of aromatic nitrogens is 2. The summed E-state index contributed by atoms with van der Waals surface area (Å²) in [5.41, 5.74) is 2.04. The third kappa shape index (κ3) is 3.41. The van der Waals surface area contributed by atoms with E-state index in [1.807, 2.05) is 10.5 Å². The first-order valence-electron chi connectivity index (χ1n) is 8.21. The Kier molecular flexibility index (Phi) is 5.08. The second kappa shape index (κ2) is 7.09. The Balaban J connectivity index is 1.98. The number of carbonyl (C=O) groups excluding carboxylic acids is 1. The van der Waals surface area contributed by atoms with E-state index in [4.69, 9.17) is 11.6 Å². The monoisotopic (exact) mass is 350 g/mol. The van der Waals surface area contributed by atoms with Crippen LogP contribution in [0.25, 0.3) is 5.65 Å². The molecule has 130 valence electrons. The summed E-state index contributed by atoms with van der Waals surface area (Å²) in [6.45, 7) is 2.62. The highest BCUT2D eigenvalue weighted by Crippen LogP contribution is 2.22. The van der Waals surface area contributed by atoms with Crippen LogP contribution in [-0.2, 0) is 6.54 Å². The SMILES string of the molecule is CN(C)C(=O)c1nc2ccc(Cl)cn2c1CN1CCC[C@@H](CO)C1. The molecule has 1 aliphatic rings. The molecule has 0 bridgehead atoms. The van der Waals surface area contributed by atoms with Crippen molar-refractivity contribution in [3.8, 4) is 0 Å². The lowest BCUT2D eigenvalue weighted by Crippen LogP contribution is -2.37. The zero-order valence-corrected chi connectivity index (χ0v) is 14.8. The normalized spacial score (nSPS) is 18.9. The van der Waals surface area contributed by atoms with Crippen LogP contribution in [-0.4, -0.2) is 64.0 Å². The molecule has 0 unspecified atom stereocenters. The van der Waals surface area contributed by atoms with Gasteiger partial charge in [0.05, 0.1) is 10.7 Å². The quantitative estimate of drug-likeness (QED) is 0.914. The molecule has 1 fully saturated rings. The van der Waals surface area contributed by atoms with Gasteiger partial charge in [-0.25, -0.2) is 4.98 Å². The second-order valence-corrected chi connectivity index (χ2v) is 7.04. The molecule has 2 aromatic heterocycles. The Bertz CT molecular complexity index is 744. The average molecular weight is 351 g/mol. The van der Waals surface area contributed by atoms with Crippen LogP contribution in [0.5, 0.6) is 0 Å². The van der Waals surface area contributed by atoms with Crippen LogP contribution in [0.1, 0.15) is 29.0 Å². The van der Waals surface area contributed by atoms with E-state index in [1.165, 1.54) is 0 Å². The van der Waals surface area contributed by atoms with Gasteiger partial charge in [-0.15, -0.1) is 0 Å². The number of hydrogen-bond acceptors (Lipinski definition) is 4. The molecule has 6 nitrogen and oxygen atoms in total. The fourth-order valence-corrected chi connectivity index (χ4v) is 3.42. The summed E-state index contributed by atoms with van der Waals surface area (Å²) >= 11 is 6.14. The molecular weight excluding hydrogens is 328 g/mol. The number of pyridine rings is 1. The molecule has 7 heteroatoms. The molecule has 1 saturated heterocycles. The predicted octanol–water partition coefficient (Wildman–Crippen LogP) is 1.89. The number of carbonyl (C=O) groups is 1. The summed E-state index contributed by atoms with van der Waals surface area (Å²) < 4.78 is 1.90. The fraction of sp³-hybridized carbons (Fsp3) is 0.529. The lowest BCUT2D eigenvalue weighted by atomic mass is 9.99. The van der Waals surface area contributed by atoms with Crippen molar-refractivity contribution in [3.05, 3.63) is 34.7 Å². The molecule has 0 radical (unpaired) electrons. The maximum Gasteiger partial charge on any atom is 0.273 e. The standard InChI is InChI=1S/C17H23ClN4O2/c1-20(2)17(24)16-14(10-21-7-3-4-12(8-21)11-23)22-9-13(18)5-6-15(22)19-16/h5-6,9,12,23H,3-4,7-8,10-11H2,1-2H3/t12-/m1/s1. The van der Waals surface area contributed by atoms with Gasteiger partial charge in [-0.1, -0.05) is 11.6 Å². The molecular formula is C17H23ClN4O2. The van der Waals surface area contributed by atoms with Crippen LogP contribution in [0.4, 0.5) is 0 Å². The molecule has 1 aliphatic heterocycles. The topological polar surface area (TPSA) is 61.1 Å². The maximum absolute atomic E-state index is 12.5. The number of hydrogen-bond donors (Lipinski definition) is 1. The summed E-state index contributed by atoms with van der Waals surface area (Å²) in [4.78, 5) is 20.9. The average Bonchev–Trinajstić information content (AvgIpc) is 2.92.